The monoisotopic (exact) mass is 424 g/mol. The van der Waals surface area contributed by atoms with Crippen molar-refractivity contribution >= 4 is 23.1 Å². The summed E-state index contributed by atoms with van der Waals surface area (Å²) in [5.41, 5.74) is 1.29. The topological polar surface area (TPSA) is 92.5 Å². The summed E-state index contributed by atoms with van der Waals surface area (Å²) in [6.45, 7) is 2.22. The molecule has 2 atom stereocenters. The Balaban J connectivity index is 1.58. The van der Waals surface area contributed by atoms with Gasteiger partial charge in [-0.3, -0.25) is 9.59 Å². The highest BCUT2D eigenvalue weighted by Gasteiger charge is 2.48. The number of furan rings is 1. The maximum Gasteiger partial charge on any atom is 0.295 e. The summed E-state index contributed by atoms with van der Waals surface area (Å²) in [7, 11) is 1.94. The number of hydrogen-bond acceptors (Lipinski definition) is 7. The third-order valence-electron chi connectivity index (χ3n) is 6.10. The normalized spacial score (nSPS) is 25.1. The van der Waals surface area contributed by atoms with E-state index in [0.29, 0.717) is 30.3 Å². The third-order valence-corrected chi connectivity index (χ3v) is 6.10. The molecule has 0 bridgehead atoms. The molecule has 0 radical (unpaired) electrons. The molecule has 5 rings (SSSR count). The molecule has 2 aromatic rings. The number of nitrogens with zero attached hydrogens (tertiary/aromatic N) is 2. The zero-order chi connectivity index (χ0) is 21.5. The number of likely N-dealkylation sites (N-methyl/N-ethyl adjacent to an activating group) is 1. The third kappa shape index (κ3) is 3.37. The molecule has 1 aromatic heterocycles. The second-order valence-corrected chi connectivity index (χ2v) is 8.05. The second kappa shape index (κ2) is 7.77. The van der Waals surface area contributed by atoms with Crippen molar-refractivity contribution in [3.63, 3.8) is 0 Å². The molecule has 8 heteroatoms. The Morgan fingerprint density at radius 2 is 2.10 bits per heavy atom. The van der Waals surface area contributed by atoms with E-state index < -0.39 is 17.7 Å². The van der Waals surface area contributed by atoms with Gasteiger partial charge in [-0.15, -0.1) is 0 Å². The van der Waals surface area contributed by atoms with Gasteiger partial charge in [0.25, 0.3) is 11.7 Å². The van der Waals surface area contributed by atoms with Crippen LogP contribution in [0.1, 0.15) is 30.2 Å². The molecule has 3 aliphatic rings. The Labute approximate surface area is 179 Å². The predicted octanol–water partition coefficient (Wildman–Crippen LogP) is 2.71. The molecule has 0 aliphatic carbocycles. The molecular weight excluding hydrogens is 400 g/mol. The molecule has 3 aliphatic heterocycles. The second-order valence-electron chi connectivity index (χ2n) is 8.05. The Bertz CT molecular complexity index is 1040. The number of ketones is 1. The van der Waals surface area contributed by atoms with Crippen LogP contribution in [0, 0.1) is 0 Å². The zero-order valence-electron chi connectivity index (χ0n) is 17.2. The van der Waals surface area contributed by atoms with Crippen LogP contribution in [0.3, 0.4) is 0 Å². The van der Waals surface area contributed by atoms with E-state index in [9.17, 15) is 14.7 Å². The number of carbonyl (C=O) groups is 2. The fraction of sp³-hybridized carbons (Fsp3) is 0.391. The molecule has 0 spiro atoms. The highest BCUT2D eigenvalue weighted by atomic mass is 16.5. The van der Waals surface area contributed by atoms with E-state index in [4.69, 9.17) is 13.9 Å². The summed E-state index contributed by atoms with van der Waals surface area (Å²) in [6.07, 6.45) is 3.10. The number of rotatable bonds is 4. The molecule has 2 saturated heterocycles. The number of fused-ring (bicyclic) bond motifs is 1. The molecule has 1 N–H and O–H groups in total. The zero-order valence-corrected chi connectivity index (χ0v) is 17.2. The standard InChI is InChI=1S/C23H24N2O6/c1-24-8-11-31-17-7-6-14(12-16(17)24)21(26)19-20(18-5-3-10-30-18)25(23(28)22(19)27)13-15-4-2-9-29-15/h3,5-7,10,12,15,20,26H,2,4,8-9,11,13H2,1H3/b21-19-. The van der Waals surface area contributed by atoms with E-state index >= 15 is 0 Å². The van der Waals surface area contributed by atoms with Crippen molar-refractivity contribution in [3.8, 4) is 5.75 Å². The first-order valence-corrected chi connectivity index (χ1v) is 10.5. The summed E-state index contributed by atoms with van der Waals surface area (Å²) < 4.78 is 16.9. The molecule has 1 aromatic carbocycles. The molecule has 8 nitrogen and oxygen atoms in total. The minimum Gasteiger partial charge on any atom is -0.507 e. The number of anilines is 1. The molecule has 1 amide bonds. The SMILES string of the molecule is CN1CCOc2ccc(/C(O)=C3/C(=O)C(=O)N(CC4CCCO4)C3c3ccco3)cc21. The number of carbonyl (C=O) groups excluding carboxylic acids is 2. The molecule has 4 heterocycles. The van der Waals surface area contributed by atoms with E-state index in [0.717, 1.165) is 25.1 Å². The highest BCUT2D eigenvalue weighted by Crippen LogP contribution is 2.41. The summed E-state index contributed by atoms with van der Waals surface area (Å²) in [5.74, 6) is -0.462. The van der Waals surface area contributed by atoms with Crippen LogP contribution >= 0.6 is 0 Å². The van der Waals surface area contributed by atoms with Gasteiger partial charge in [0, 0.05) is 25.8 Å². The van der Waals surface area contributed by atoms with Crippen LogP contribution in [-0.4, -0.2) is 61.2 Å². The predicted molar refractivity (Wildman–Crippen MR) is 112 cm³/mol. The Kier molecular flexibility index (Phi) is 4.94. The largest absolute Gasteiger partial charge is 0.507 e. The molecule has 2 unspecified atom stereocenters. The summed E-state index contributed by atoms with van der Waals surface area (Å²) in [4.78, 5) is 29.4. The number of ether oxygens (including phenoxy) is 2. The lowest BCUT2D eigenvalue weighted by atomic mass is 9.98. The molecule has 162 valence electrons. The van der Waals surface area contributed by atoms with E-state index in [1.165, 1.54) is 11.2 Å². The van der Waals surface area contributed by atoms with Gasteiger partial charge in [-0.05, 0) is 43.2 Å². The molecule has 0 saturated carbocycles. The Hall–Kier alpha value is -3.26. The van der Waals surface area contributed by atoms with Crippen molar-refractivity contribution in [1.82, 2.24) is 4.90 Å². The van der Waals surface area contributed by atoms with E-state index in [1.54, 1.807) is 30.3 Å². The smallest absolute Gasteiger partial charge is 0.295 e. The van der Waals surface area contributed by atoms with Gasteiger partial charge >= 0.3 is 0 Å². The fourth-order valence-corrected chi connectivity index (χ4v) is 4.47. The van der Waals surface area contributed by atoms with Gasteiger partial charge in [0.1, 0.15) is 29.9 Å². The Morgan fingerprint density at radius 1 is 1.23 bits per heavy atom. The van der Waals surface area contributed by atoms with E-state index in [-0.39, 0.29) is 24.0 Å². The first kappa shape index (κ1) is 19.7. The van der Waals surface area contributed by atoms with Crippen LogP contribution < -0.4 is 9.64 Å². The summed E-state index contributed by atoms with van der Waals surface area (Å²) in [5, 5.41) is 11.2. The van der Waals surface area contributed by atoms with Gasteiger partial charge in [0.15, 0.2) is 0 Å². The van der Waals surface area contributed by atoms with E-state index in [1.807, 2.05) is 11.9 Å². The van der Waals surface area contributed by atoms with Crippen molar-refractivity contribution < 1.29 is 28.6 Å². The lowest BCUT2D eigenvalue weighted by molar-refractivity contribution is -0.141. The van der Waals surface area contributed by atoms with Gasteiger partial charge in [-0.25, -0.2) is 0 Å². The highest BCUT2D eigenvalue weighted by molar-refractivity contribution is 6.46. The average molecular weight is 424 g/mol. The van der Waals surface area contributed by atoms with Crippen molar-refractivity contribution in [2.75, 3.05) is 38.3 Å². The number of likely N-dealkylation sites (tertiary alicyclic amines) is 1. The van der Waals surface area contributed by atoms with Crippen LogP contribution in [-0.2, 0) is 14.3 Å². The number of aliphatic hydroxyl groups is 1. The quantitative estimate of drug-likeness (QED) is 0.458. The van der Waals surface area contributed by atoms with Gasteiger partial charge in [0.05, 0.1) is 30.2 Å². The number of benzene rings is 1. The Morgan fingerprint density at radius 3 is 2.84 bits per heavy atom. The summed E-state index contributed by atoms with van der Waals surface area (Å²) in [6, 6.07) is 7.85. The van der Waals surface area contributed by atoms with Gasteiger partial charge in [0.2, 0.25) is 0 Å². The lowest BCUT2D eigenvalue weighted by Gasteiger charge is -2.28. The summed E-state index contributed by atoms with van der Waals surface area (Å²) >= 11 is 0. The minimum absolute atomic E-state index is 0.0253. The van der Waals surface area contributed by atoms with Crippen LogP contribution in [0.4, 0.5) is 5.69 Å². The number of hydrogen-bond donors (Lipinski definition) is 1. The maximum absolute atomic E-state index is 13.0. The van der Waals surface area contributed by atoms with Crippen molar-refractivity contribution in [1.29, 1.82) is 0 Å². The van der Waals surface area contributed by atoms with Crippen LogP contribution in [0.15, 0.2) is 46.6 Å². The maximum atomic E-state index is 13.0. The van der Waals surface area contributed by atoms with Gasteiger partial charge in [-0.2, -0.15) is 0 Å². The van der Waals surface area contributed by atoms with Crippen LogP contribution in [0.25, 0.3) is 5.76 Å². The minimum atomic E-state index is -0.802. The van der Waals surface area contributed by atoms with Crippen LogP contribution in [0.5, 0.6) is 5.75 Å². The van der Waals surface area contributed by atoms with Crippen molar-refractivity contribution in [2.24, 2.45) is 0 Å². The fourth-order valence-electron chi connectivity index (χ4n) is 4.47. The average Bonchev–Trinajstić information content (AvgIpc) is 3.52. The first-order chi connectivity index (χ1) is 15.0. The van der Waals surface area contributed by atoms with Crippen LogP contribution in [0.2, 0.25) is 0 Å². The molecule has 2 fully saturated rings. The molecule has 31 heavy (non-hydrogen) atoms. The number of amides is 1. The first-order valence-electron chi connectivity index (χ1n) is 10.5. The number of Topliss-reactive ketones (excluding diaryl/α,β-unsaturated/α-hetero) is 1. The molecular formula is C23H24N2O6. The van der Waals surface area contributed by atoms with E-state index in [2.05, 4.69) is 0 Å². The van der Waals surface area contributed by atoms with Gasteiger partial charge < -0.3 is 28.8 Å². The van der Waals surface area contributed by atoms with Crippen molar-refractivity contribution in [3.05, 3.63) is 53.5 Å². The van der Waals surface area contributed by atoms with Crippen molar-refractivity contribution in [2.45, 2.75) is 25.0 Å². The number of aliphatic hydroxyl groups excluding tert-OH is 1. The van der Waals surface area contributed by atoms with Gasteiger partial charge in [-0.1, -0.05) is 0 Å². The lowest BCUT2D eigenvalue weighted by Crippen LogP contribution is -2.36.